The van der Waals surface area contributed by atoms with E-state index in [1.165, 1.54) is 18.2 Å². The predicted molar refractivity (Wildman–Crippen MR) is 73.5 cm³/mol. The summed E-state index contributed by atoms with van der Waals surface area (Å²) in [6, 6.07) is 6.11. The van der Waals surface area contributed by atoms with Gasteiger partial charge in [0.1, 0.15) is 17.4 Å². The van der Waals surface area contributed by atoms with Gasteiger partial charge < -0.3 is 10.6 Å². The van der Waals surface area contributed by atoms with Crippen molar-refractivity contribution >= 4 is 23.4 Å². The van der Waals surface area contributed by atoms with Crippen molar-refractivity contribution in [3.05, 3.63) is 29.6 Å². The smallest absolute Gasteiger partial charge is 0.226 e. The van der Waals surface area contributed by atoms with Crippen molar-refractivity contribution < 1.29 is 9.18 Å². The minimum Gasteiger partial charge on any atom is -0.325 e. The van der Waals surface area contributed by atoms with Crippen LogP contribution in [0.1, 0.15) is 12.0 Å². The van der Waals surface area contributed by atoms with E-state index in [9.17, 15) is 9.18 Å². The van der Waals surface area contributed by atoms with Gasteiger partial charge in [-0.25, -0.2) is 4.39 Å². The second-order valence-corrected chi connectivity index (χ2v) is 5.40. The Hall–Kier alpha value is -1.58. The van der Waals surface area contributed by atoms with Crippen molar-refractivity contribution in [3.63, 3.8) is 0 Å². The van der Waals surface area contributed by atoms with Gasteiger partial charge in [0, 0.05) is 30.5 Å². The van der Waals surface area contributed by atoms with Gasteiger partial charge in [0.25, 0.3) is 0 Å². The molecule has 1 aromatic carbocycles. The van der Waals surface area contributed by atoms with Gasteiger partial charge in [0.2, 0.25) is 5.91 Å². The number of nitrogens with zero attached hydrogens (tertiary/aromatic N) is 1. The summed E-state index contributed by atoms with van der Waals surface area (Å²) in [6.45, 7) is 0.895. The van der Waals surface area contributed by atoms with Crippen LogP contribution in [0.25, 0.3) is 0 Å². The molecule has 1 fully saturated rings. The van der Waals surface area contributed by atoms with Crippen molar-refractivity contribution in [1.82, 2.24) is 5.32 Å². The minimum atomic E-state index is -0.619. The number of hydrogen-bond donors (Lipinski definition) is 2. The molecule has 1 aromatic rings. The first-order valence-corrected chi connectivity index (χ1v) is 7.16. The number of carbonyl (C=O) groups excluding carboxylic acids is 1. The topological polar surface area (TPSA) is 64.9 Å². The first kappa shape index (κ1) is 13.8. The van der Waals surface area contributed by atoms with Crippen LogP contribution in [-0.2, 0) is 4.79 Å². The maximum Gasteiger partial charge on any atom is 0.226 e. The predicted octanol–water partition coefficient (Wildman–Crippen LogP) is 1.73. The van der Waals surface area contributed by atoms with Gasteiger partial charge in [-0.15, -0.1) is 0 Å². The Labute approximate surface area is 115 Å². The molecule has 1 unspecified atom stereocenters. The fourth-order valence-electron chi connectivity index (χ4n) is 1.92. The third-order valence-electron chi connectivity index (χ3n) is 2.83. The van der Waals surface area contributed by atoms with Crippen LogP contribution < -0.4 is 10.6 Å². The Kier molecular flexibility index (Phi) is 4.77. The van der Waals surface area contributed by atoms with Crippen LogP contribution in [0.2, 0.25) is 0 Å². The number of thioether (sulfide) groups is 1. The van der Waals surface area contributed by atoms with Crippen molar-refractivity contribution in [2.45, 2.75) is 12.5 Å². The zero-order valence-corrected chi connectivity index (χ0v) is 11.1. The normalized spacial score (nSPS) is 18.6. The standard InChI is InChI=1S/C13H14FN3OS/c14-11-2-1-3-12(10(11)7-15)17-13(18)6-9-8-19-5-4-16-9/h1-3,9,16H,4-6,8H2,(H,17,18). The van der Waals surface area contributed by atoms with E-state index in [0.29, 0.717) is 6.42 Å². The SMILES string of the molecule is N#Cc1c(F)cccc1NC(=O)CC1CSCCN1. The maximum absolute atomic E-state index is 13.4. The van der Waals surface area contributed by atoms with Gasteiger partial charge in [0.15, 0.2) is 0 Å². The van der Waals surface area contributed by atoms with Gasteiger partial charge >= 0.3 is 0 Å². The highest BCUT2D eigenvalue weighted by Crippen LogP contribution is 2.18. The highest BCUT2D eigenvalue weighted by molar-refractivity contribution is 7.99. The molecule has 4 nitrogen and oxygen atoms in total. The molecule has 1 atom stereocenters. The monoisotopic (exact) mass is 279 g/mol. The molecule has 2 rings (SSSR count). The van der Waals surface area contributed by atoms with Crippen LogP contribution in [0.15, 0.2) is 18.2 Å². The zero-order valence-electron chi connectivity index (χ0n) is 10.3. The maximum atomic E-state index is 13.4. The molecular formula is C13H14FN3OS. The number of anilines is 1. The summed E-state index contributed by atoms with van der Waals surface area (Å²) in [5.74, 6) is 1.12. The van der Waals surface area contributed by atoms with Crippen LogP contribution in [-0.4, -0.2) is 30.0 Å². The molecule has 100 valence electrons. The van der Waals surface area contributed by atoms with E-state index in [1.807, 2.05) is 0 Å². The molecule has 0 aromatic heterocycles. The van der Waals surface area contributed by atoms with E-state index in [1.54, 1.807) is 17.8 Å². The van der Waals surface area contributed by atoms with E-state index in [4.69, 9.17) is 5.26 Å². The minimum absolute atomic E-state index is 0.123. The Morgan fingerprint density at radius 2 is 2.47 bits per heavy atom. The summed E-state index contributed by atoms with van der Waals surface area (Å²) in [5.41, 5.74) is 0.109. The van der Waals surface area contributed by atoms with Gasteiger partial charge in [-0.1, -0.05) is 6.07 Å². The Balaban J connectivity index is 1.99. The number of rotatable bonds is 3. The lowest BCUT2D eigenvalue weighted by Gasteiger charge is -2.22. The zero-order chi connectivity index (χ0) is 13.7. The third-order valence-corrected chi connectivity index (χ3v) is 3.96. The Bertz CT molecular complexity index is 509. The fraction of sp³-hybridized carbons (Fsp3) is 0.385. The summed E-state index contributed by atoms with van der Waals surface area (Å²) in [6.07, 6.45) is 0.328. The van der Waals surface area contributed by atoms with E-state index < -0.39 is 5.82 Å². The first-order chi connectivity index (χ1) is 9.20. The summed E-state index contributed by atoms with van der Waals surface area (Å²) in [7, 11) is 0. The van der Waals surface area contributed by atoms with Crippen LogP contribution in [0.4, 0.5) is 10.1 Å². The number of halogens is 1. The third kappa shape index (κ3) is 3.69. The molecule has 1 saturated heterocycles. The molecular weight excluding hydrogens is 265 g/mol. The summed E-state index contributed by atoms with van der Waals surface area (Å²) in [5, 5.41) is 14.7. The molecule has 0 radical (unpaired) electrons. The first-order valence-electron chi connectivity index (χ1n) is 6.00. The second kappa shape index (κ2) is 6.55. The lowest BCUT2D eigenvalue weighted by molar-refractivity contribution is -0.116. The van der Waals surface area contributed by atoms with Crippen molar-refractivity contribution in [3.8, 4) is 6.07 Å². The van der Waals surface area contributed by atoms with Gasteiger partial charge in [0.05, 0.1) is 5.69 Å². The molecule has 0 saturated carbocycles. The molecule has 2 N–H and O–H groups in total. The average Bonchev–Trinajstić information content (AvgIpc) is 2.40. The van der Waals surface area contributed by atoms with Crippen molar-refractivity contribution in [2.24, 2.45) is 0 Å². The van der Waals surface area contributed by atoms with Crippen molar-refractivity contribution in [2.75, 3.05) is 23.4 Å². The largest absolute Gasteiger partial charge is 0.325 e. The Morgan fingerprint density at radius 3 is 3.16 bits per heavy atom. The van der Waals surface area contributed by atoms with Crippen LogP contribution in [0.3, 0.4) is 0 Å². The van der Waals surface area contributed by atoms with Gasteiger partial charge in [-0.2, -0.15) is 17.0 Å². The van der Waals surface area contributed by atoms with E-state index in [-0.39, 0.29) is 23.2 Å². The highest BCUT2D eigenvalue weighted by atomic mass is 32.2. The Morgan fingerprint density at radius 1 is 1.63 bits per heavy atom. The lowest BCUT2D eigenvalue weighted by atomic mass is 10.1. The quantitative estimate of drug-likeness (QED) is 0.884. The molecule has 0 spiro atoms. The van der Waals surface area contributed by atoms with Crippen LogP contribution in [0.5, 0.6) is 0 Å². The number of amides is 1. The number of carbonyl (C=O) groups is 1. The van der Waals surface area contributed by atoms with Crippen LogP contribution in [0, 0.1) is 17.1 Å². The van der Waals surface area contributed by atoms with E-state index >= 15 is 0 Å². The van der Waals surface area contributed by atoms with Crippen molar-refractivity contribution in [1.29, 1.82) is 5.26 Å². The summed E-state index contributed by atoms with van der Waals surface area (Å²) in [4.78, 5) is 11.9. The highest BCUT2D eigenvalue weighted by Gasteiger charge is 2.18. The van der Waals surface area contributed by atoms with Gasteiger partial charge in [-0.3, -0.25) is 4.79 Å². The molecule has 1 amide bonds. The molecule has 1 aliphatic heterocycles. The lowest BCUT2D eigenvalue weighted by Crippen LogP contribution is -2.39. The molecule has 1 heterocycles. The molecule has 6 heteroatoms. The number of nitriles is 1. The van der Waals surface area contributed by atoms with E-state index in [2.05, 4.69) is 10.6 Å². The molecule has 0 aliphatic carbocycles. The number of benzene rings is 1. The fourth-order valence-corrected chi connectivity index (χ4v) is 2.87. The second-order valence-electron chi connectivity index (χ2n) is 4.25. The summed E-state index contributed by atoms with van der Waals surface area (Å²) < 4.78 is 13.4. The molecule has 19 heavy (non-hydrogen) atoms. The summed E-state index contributed by atoms with van der Waals surface area (Å²) >= 11 is 1.81. The van der Waals surface area contributed by atoms with Crippen LogP contribution >= 0.6 is 11.8 Å². The van der Waals surface area contributed by atoms with Gasteiger partial charge in [-0.05, 0) is 12.1 Å². The molecule has 1 aliphatic rings. The van der Waals surface area contributed by atoms with E-state index in [0.717, 1.165) is 18.1 Å². The molecule has 0 bridgehead atoms. The number of nitrogens with one attached hydrogen (secondary N) is 2. The average molecular weight is 279 g/mol. The number of hydrogen-bond acceptors (Lipinski definition) is 4.